The van der Waals surface area contributed by atoms with E-state index in [1.807, 2.05) is 0 Å². The quantitative estimate of drug-likeness (QED) is 0.259. The molecule has 0 rings (SSSR count). The minimum absolute atomic E-state index is 0.365. The van der Waals surface area contributed by atoms with Crippen LogP contribution in [0.2, 0.25) is 0 Å². The van der Waals surface area contributed by atoms with Crippen molar-refractivity contribution >= 4 is 23.9 Å². The summed E-state index contributed by atoms with van der Waals surface area (Å²) in [6.07, 6.45) is 1.28. The molecule has 0 radical (unpaired) electrons. The van der Waals surface area contributed by atoms with Gasteiger partial charge in [0, 0.05) is 24.3 Å². The predicted octanol–water partition coefficient (Wildman–Crippen LogP) is -2.24. The Morgan fingerprint density at radius 3 is 0.864 bits per heavy atom. The second kappa shape index (κ2) is 16.3. The summed E-state index contributed by atoms with van der Waals surface area (Å²) in [7, 11) is 0. The van der Waals surface area contributed by atoms with Crippen LogP contribution in [0.1, 0.15) is 0 Å². The zero-order valence-corrected chi connectivity index (χ0v) is 11.1. The van der Waals surface area contributed by atoms with Gasteiger partial charge < -0.3 is 35.7 Å². The van der Waals surface area contributed by atoms with Gasteiger partial charge in [-0.3, -0.25) is 0 Å². The van der Waals surface area contributed by atoms with Crippen LogP contribution in [0.4, 0.5) is 0 Å². The van der Waals surface area contributed by atoms with E-state index in [9.17, 15) is 19.2 Å². The molecule has 0 aliphatic heterocycles. The van der Waals surface area contributed by atoms with E-state index in [1.54, 1.807) is 0 Å². The Labute approximate surface area is 123 Å². The maximum absolute atomic E-state index is 9.55. The van der Waals surface area contributed by atoms with Crippen molar-refractivity contribution in [3.05, 3.63) is 24.3 Å². The predicted molar refractivity (Wildman–Crippen MR) is 69.0 cm³/mol. The van der Waals surface area contributed by atoms with Crippen molar-refractivity contribution < 1.29 is 54.9 Å². The average Bonchev–Trinajstić information content (AvgIpc) is 2.43. The van der Waals surface area contributed by atoms with Gasteiger partial charge in [0.1, 0.15) is 6.10 Å². The molecule has 0 amide bonds. The van der Waals surface area contributed by atoms with Crippen LogP contribution in [0, 0.1) is 0 Å². The molecule has 0 aromatic heterocycles. The largest absolute Gasteiger partial charge is 0.478 e. The van der Waals surface area contributed by atoms with E-state index in [4.69, 9.17) is 35.7 Å². The summed E-state index contributed by atoms with van der Waals surface area (Å²) in [4.78, 5) is 38.2. The Kier molecular flexibility index (Phi) is 18.0. The summed E-state index contributed by atoms with van der Waals surface area (Å²) in [5, 5.41) is 55.3. The van der Waals surface area contributed by atoms with Crippen LogP contribution in [0.5, 0.6) is 0 Å². The van der Waals surface area contributed by atoms with E-state index >= 15 is 0 Å². The van der Waals surface area contributed by atoms with E-state index in [0.717, 1.165) is 0 Å². The van der Waals surface area contributed by atoms with Gasteiger partial charge in [0.2, 0.25) is 0 Å². The van der Waals surface area contributed by atoms with Crippen LogP contribution < -0.4 is 0 Å². The van der Waals surface area contributed by atoms with Gasteiger partial charge in [-0.05, 0) is 0 Å². The molecule has 0 spiro atoms. The molecule has 7 N–H and O–H groups in total. The number of hydrogen-bond acceptors (Lipinski definition) is 7. The molecule has 22 heavy (non-hydrogen) atoms. The molecule has 0 aliphatic rings. The normalized spacial score (nSPS) is 9.64. The Balaban J connectivity index is -0.000000249. The van der Waals surface area contributed by atoms with E-state index in [1.165, 1.54) is 0 Å². The molecule has 0 atom stereocenters. The van der Waals surface area contributed by atoms with Crippen LogP contribution in [0.25, 0.3) is 0 Å². The second-order valence-electron chi connectivity index (χ2n) is 3.04. The third-order valence-corrected chi connectivity index (χ3v) is 1.16. The number of carboxylic acid groups (broad SMARTS) is 4. The van der Waals surface area contributed by atoms with Crippen molar-refractivity contribution in [2.75, 3.05) is 13.2 Å². The smallest absolute Gasteiger partial charge is 0.328 e. The molecule has 0 fully saturated rings. The summed E-state index contributed by atoms with van der Waals surface area (Å²) < 4.78 is 0. The van der Waals surface area contributed by atoms with Crippen molar-refractivity contribution in [1.29, 1.82) is 0 Å². The number of aliphatic carboxylic acids is 4. The summed E-state index contributed by atoms with van der Waals surface area (Å²) in [6, 6.07) is 0. The number of carboxylic acids is 4. The van der Waals surface area contributed by atoms with Crippen LogP contribution in [0.3, 0.4) is 0 Å². The highest BCUT2D eigenvalue weighted by atomic mass is 16.4. The van der Waals surface area contributed by atoms with Gasteiger partial charge in [-0.25, -0.2) is 19.2 Å². The minimum Gasteiger partial charge on any atom is -0.478 e. The first kappa shape index (κ1) is 24.3. The maximum Gasteiger partial charge on any atom is 0.328 e. The summed E-state index contributed by atoms with van der Waals surface area (Å²) in [5.41, 5.74) is 0. The van der Waals surface area contributed by atoms with Gasteiger partial charge in [0.25, 0.3) is 0 Å². The maximum atomic E-state index is 9.55. The van der Waals surface area contributed by atoms with Crippen molar-refractivity contribution in [2.24, 2.45) is 0 Å². The van der Waals surface area contributed by atoms with Gasteiger partial charge >= 0.3 is 23.9 Å². The lowest BCUT2D eigenvalue weighted by Gasteiger charge is -1.96. The summed E-state index contributed by atoms with van der Waals surface area (Å²) in [6.45, 7) is -0.729. The highest BCUT2D eigenvalue weighted by molar-refractivity contribution is 5.90. The van der Waals surface area contributed by atoms with E-state index < -0.39 is 30.0 Å². The van der Waals surface area contributed by atoms with Gasteiger partial charge in [-0.1, -0.05) is 0 Å². The first-order chi connectivity index (χ1) is 10.1. The number of carbonyl (C=O) groups is 4. The number of hydrogen-bond donors (Lipinski definition) is 7. The monoisotopic (exact) mass is 324 g/mol. The lowest BCUT2D eigenvalue weighted by molar-refractivity contribution is -0.134. The SMILES string of the molecule is O=C(O)/C=C/C(=O)O.O=C(O)/C=C/C(=O)O.OCC(O)CO. The molecule has 0 saturated carbocycles. The first-order valence-electron chi connectivity index (χ1n) is 5.24. The molecule has 11 heteroatoms. The third kappa shape index (κ3) is 36.0. The van der Waals surface area contributed by atoms with Crippen LogP contribution >= 0.6 is 0 Å². The van der Waals surface area contributed by atoms with E-state index in [0.29, 0.717) is 24.3 Å². The second-order valence-corrected chi connectivity index (χ2v) is 3.04. The number of rotatable bonds is 6. The highest BCUT2D eigenvalue weighted by Crippen LogP contribution is 1.72. The zero-order valence-electron chi connectivity index (χ0n) is 11.1. The van der Waals surface area contributed by atoms with Crippen molar-refractivity contribution in [3.8, 4) is 0 Å². The molecule has 0 bridgehead atoms. The molecular formula is C11H16O11. The van der Waals surface area contributed by atoms with Crippen molar-refractivity contribution in [3.63, 3.8) is 0 Å². The molecule has 0 aromatic rings. The highest BCUT2D eigenvalue weighted by Gasteiger charge is 1.93. The zero-order chi connectivity index (χ0) is 18.1. The van der Waals surface area contributed by atoms with Gasteiger partial charge in [-0.15, -0.1) is 0 Å². The molecule has 0 aromatic carbocycles. The van der Waals surface area contributed by atoms with E-state index in [2.05, 4.69) is 0 Å². The standard InChI is InChI=1S/2C4H4O4.C3H8O3/c2*5-3(6)1-2-4(7)8;4-1-3(6)2-5/h2*1-2H,(H,5,6)(H,7,8);3-6H,1-2H2/b2*2-1+;. The Morgan fingerprint density at radius 1 is 0.636 bits per heavy atom. The van der Waals surface area contributed by atoms with Gasteiger partial charge in [0.15, 0.2) is 0 Å². The first-order valence-corrected chi connectivity index (χ1v) is 5.24. The Morgan fingerprint density at radius 2 is 0.818 bits per heavy atom. The van der Waals surface area contributed by atoms with E-state index in [-0.39, 0.29) is 13.2 Å². The van der Waals surface area contributed by atoms with Crippen molar-refractivity contribution in [1.82, 2.24) is 0 Å². The van der Waals surface area contributed by atoms with Crippen molar-refractivity contribution in [2.45, 2.75) is 6.10 Å². The fraction of sp³-hybridized carbons (Fsp3) is 0.273. The molecule has 0 aliphatic carbocycles. The molecule has 11 nitrogen and oxygen atoms in total. The molecular weight excluding hydrogens is 308 g/mol. The topological polar surface area (TPSA) is 210 Å². The fourth-order valence-electron chi connectivity index (χ4n) is 0.343. The average molecular weight is 324 g/mol. The molecule has 0 heterocycles. The molecule has 0 unspecified atom stereocenters. The number of aliphatic hydroxyl groups excluding tert-OH is 3. The number of aliphatic hydroxyl groups is 3. The van der Waals surface area contributed by atoms with Crippen LogP contribution in [-0.2, 0) is 19.2 Å². The summed E-state index contributed by atoms with van der Waals surface area (Å²) in [5.74, 6) is -5.03. The lowest BCUT2D eigenvalue weighted by atomic mass is 10.4. The minimum atomic E-state index is -1.26. The third-order valence-electron chi connectivity index (χ3n) is 1.16. The Hall–Kier alpha value is -2.76. The fourth-order valence-corrected chi connectivity index (χ4v) is 0.343. The van der Waals surface area contributed by atoms with Crippen LogP contribution in [-0.4, -0.2) is 78.9 Å². The summed E-state index contributed by atoms with van der Waals surface area (Å²) >= 11 is 0. The molecule has 126 valence electrons. The van der Waals surface area contributed by atoms with Crippen LogP contribution in [0.15, 0.2) is 24.3 Å². The molecule has 0 saturated heterocycles. The Bertz CT molecular complexity index is 340. The van der Waals surface area contributed by atoms with Gasteiger partial charge in [-0.2, -0.15) is 0 Å². The lowest BCUT2D eigenvalue weighted by Crippen LogP contribution is -2.15. The van der Waals surface area contributed by atoms with Gasteiger partial charge in [0.05, 0.1) is 13.2 Å².